The Balaban J connectivity index is 1.32. The van der Waals surface area contributed by atoms with Crippen LogP contribution in [0.25, 0.3) is 0 Å². The molecular weight excluding hydrogens is 358 g/mol. The summed E-state index contributed by atoms with van der Waals surface area (Å²) < 4.78 is 0. The van der Waals surface area contributed by atoms with Crippen molar-refractivity contribution in [2.24, 2.45) is 5.16 Å². The lowest BCUT2D eigenvalue weighted by atomic mass is 9.85. The van der Waals surface area contributed by atoms with Crippen LogP contribution < -0.4 is 5.32 Å². The fourth-order valence-corrected chi connectivity index (χ4v) is 3.98. The molecule has 0 aromatic heterocycles. The third kappa shape index (κ3) is 3.95. The minimum absolute atomic E-state index is 0.0519. The molecule has 2 amide bonds. The first-order chi connectivity index (χ1) is 13.2. The van der Waals surface area contributed by atoms with Crippen molar-refractivity contribution in [3.8, 4) is 0 Å². The number of urea groups is 1. The van der Waals surface area contributed by atoms with Crippen molar-refractivity contribution in [1.29, 1.82) is 0 Å². The molecule has 2 aromatic rings. The van der Waals surface area contributed by atoms with Crippen LogP contribution in [0.15, 0.2) is 64.6 Å². The lowest BCUT2D eigenvalue weighted by Crippen LogP contribution is -2.48. The first kappa shape index (κ1) is 17.9. The van der Waals surface area contributed by atoms with Crippen LogP contribution in [-0.2, 0) is 4.84 Å². The quantitative estimate of drug-likeness (QED) is 0.791. The third-order valence-electron chi connectivity index (χ3n) is 5.25. The van der Waals surface area contributed by atoms with Crippen LogP contribution >= 0.6 is 11.8 Å². The van der Waals surface area contributed by atoms with E-state index in [1.54, 1.807) is 11.8 Å². The second-order valence-corrected chi connectivity index (χ2v) is 7.88. The molecule has 0 aliphatic carbocycles. The summed E-state index contributed by atoms with van der Waals surface area (Å²) in [7, 11) is 0. The van der Waals surface area contributed by atoms with E-state index in [1.807, 2.05) is 53.6 Å². The van der Waals surface area contributed by atoms with Gasteiger partial charge in [-0.2, -0.15) is 0 Å². The lowest BCUT2D eigenvalue weighted by Gasteiger charge is -2.37. The van der Waals surface area contributed by atoms with Crippen molar-refractivity contribution in [3.63, 3.8) is 0 Å². The van der Waals surface area contributed by atoms with Gasteiger partial charge in [0.1, 0.15) is 5.60 Å². The number of rotatable bonds is 3. The number of amides is 2. The highest BCUT2D eigenvalue weighted by molar-refractivity contribution is 7.98. The largest absolute Gasteiger partial charge is 0.388 e. The van der Waals surface area contributed by atoms with Crippen LogP contribution in [0.2, 0.25) is 0 Å². The zero-order chi connectivity index (χ0) is 18.7. The molecule has 2 aliphatic rings. The second-order valence-electron chi connectivity index (χ2n) is 7.00. The molecule has 0 radical (unpaired) electrons. The number of nitrogens with one attached hydrogen (secondary N) is 1. The van der Waals surface area contributed by atoms with E-state index in [0.29, 0.717) is 13.1 Å². The number of anilines is 1. The maximum absolute atomic E-state index is 12.6. The third-order valence-corrected chi connectivity index (χ3v) is 5.99. The van der Waals surface area contributed by atoms with Crippen molar-refractivity contribution in [2.45, 2.75) is 29.8 Å². The fourth-order valence-electron chi connectivity index (χ4n) is 3.57. The summed E-state index contributed by atoms with van der Waals surface area (Å²) in [4.78, 5) is 21.4. The summed E-state index contributed by atoms with van der Waals surface area (Å²) in [5, 5.41) is 7.32. The van der Waals surface area contributed by atoms with Crippen molar-refractivity contribution in [2.75, 3.05) is 24.7 Å². The normalized spacial score (nSPS) is 18.1. The standard InChI is InChI=1S/C21H23N3O2S/c1-27-18-9-7-17(8-10-18)22-20(25)24-13-11-21(12-14-24)15-19(23-26-21)16-5-3-2-4-6-16/h2-10H,11-15H2,1H3,(H,22,25). The molecule has 0 atom stereocenters. The molecular formula is C21H23N3O2S. The topological polar surface area (TPSA) is 53.9 Å². The van der Waals surface area contributed by atoms with E-state index in [-0.39, 0.29) is 11.6 Å². The van der Waals surface area contributed by atoms with E-state index in [4.69, 9.17) is 4.84 Å². The van der Waals surface area contributed by atoms with E-state index in [2.05, 4.69) is 22.6 Å². The predicted octanol–water partition coefficient (Wildman–Crippen LogP) is 4.60. The van der Waals surface area contributed by atoms with Gasteiger partial charge in [0.2, 0.25) is 0 Å². The van der Waals surface area contributed by atoms with E-state index in [1.165, 1.54) is 4.90 Å². The summed E-state index contributed by atoms with van der Waals surface area (Å²) >= 11 is 1.69. The molecule has 6 heteroatoms. The van der Waals surface area contributed by atoms with Gasteiger partial charge in [-0.15, -0.1) is 11.8 Å². The maximum atomic E-state index is 12.6. The van der Waals surface area contributed by atoms with Crippen molar-refractivity contribution < 1.29 is 9.63 Å². The Kier molecular flexibility index (Phi) is 5.07. The number of piperidine rings is 1. The van der Waals surface area contributed by atoms with Crippen LogP contribution in [0.4, 0.5) is 10.5 Å². The van der Waals surface area contributed by atoms with E-state index < -0.39 is 0 Å². The highest BCUT2D eigenvalue weighted by atomic mass is 32.2. The molecule has 1 spiro atoms. The van der Waals surface area contributed by atoms with Gasteiger partial charge in [-0.3, -0.25) is 0 Å². The Hall–Kier alpha value is -2.47. The van der Waals surface area contributed by atoms with Gasteiger partial charge in [0.15, 0.2) is 0 Å². The first-order valence-electron chi connectivity index (χ1n) is 9.18. The minimum atomic E-state index is -0.262. The minimum Gasteiger partial charge on any atom is -0.388 e. The number of carbonyl (C=O) groups is 1. The molecule has 4 rings (SSSR count). The average Bonchev–Trinajstić information content (AvgIpc) is 3.13. The predicted molar refractivity (Wildman–Crippen MR) is 109 cm³/mol. The number of hydrogen-bond acceptors (Lipinski definition) is 4. The number of hydrogen-bond donors (Lipinski definition) is 1. The fraction of sp³-hybridized carbons (Fsp3) is 0.333. The number of nitrogens with zero attached hydrogens (tertiary/aromatic N) is 2. The molecule has 2 aliphatic heterocycles. The Morgan fingerprint density at radius 1 is 1.11 bits per heavy atom. The van der Waals surface area contributed by atoms with Gasteiger partial charge in [0.25, 0.3) is 0 Å². The average molecular weight is 382 g/mol. The molecule has 0 bridgehead atoms. The van der Waals surface area contributed by atoms with Crippen molar-refractivity contribution in [3.05, 3.63) is 60.2 Å². The summed E-state index contributed by atoms with van der Waals surface area (Å²) in [5.41, 5.74) is 2.68. The summed E-state index contributed by atoms with van der Waals surface area (Å²) in [6.07, 6.45) is 4.44. The van der Waals surface area contributed by atoms with E-state index in [0.717, 1.165) is 36.2 Å². The van der Waals surface area contributed by atoms with Gasteiger partial charge in [-0.1, -0.05) is 35.5 Å². The van der Waals surface area contributed by atoms with Gasteiger partial charge >= 0.3 is 6.03 Å². The molecule has 1 fully saturated rings. The Labute approximate surface area is 163 Å². The van der Waals surface area contributed by atoms with Gasteiger partial charge in [0.05, 0.1) is 5.71 Å². The van der Waals surface area contributed by atoms with E-state index in [9.17, 15) is 4.79 Å². The molecule has 0 saturated carbocycles. The van der Waals surface area contributed by atoms with Gasteiger partial charge in [0, 0.05) is 42.9 Å². The van der Waals surface area contributed by atoms with Crippen LogP contribution in [0, 0.1) is 0 Å². The van der Waals surface area contributed by atoms with Crippen LogP contribution in [0.5, 0.6) is 0 Å². The van der Waals surface area contributed by atoms with Crippen LogP contribution in [0.3, 0.4) is 0 Å². The molecule has 1 N–H and O–H groups in total. The van der Waals surface area contributed by atoms with E-state index >= 15 is 0 Å². The Bertz CT molecular complexity index is 828. The number of carbonyl (C=O) groups excluding carboxylic acids is 1. The molecule has 140 valence electrons. The first-order valence-corrected chi connectivity index (χ1v) is 10.4. The number of likely N-dealkylation sites (tertiary alicyclic amines) is 1. The SMILES string of the molecule is CSc1ccc(NC(=O)N2CCC3(CC2)CC(c2ccccc2)=NO3)cc1. The van der Waals surface area contributed by atoms with Gasteiger partial charge in [-0.05, 0) is 36.1 Å². The highest BCUT2D eigenvalue weighted by Crippen LogP contribution is 2.36. The van der Waals surface area contributed by atoms with Crippen LogP contribution in [-0.4, -0.2) is 41.6 Å². The zero-order valence-corrected chi connectivity index (χ0v) is 16.2. The summed E-state index contributed by atoms with van der Waals surface area (Å²) in [6, 6.07) is 18.0. The number of thioether (sulfide) groups is 1. The second kappa shape index (κ2) is 7.64. The molecule has 0 unspecified atom stereocenters. The Morgan fingerprint density at radius 3 is 2.48 bits per heavy atom. The molecule has 2 heterocycles. The number of oxime groups is 1. The molecule has 27 heavy (non-hydrogen) atoms. The van der Waals surface area contributed by atoms with Crippen molar-refractivity contribution >= 4 is 29.2 Å². The van der Waals surface area contributed by atoms with Crippen molar-refractivity contribution in [1.82, 2.24) is 4.90 Å². The molecule has 5 nitrogen and oxygen atoms in total. The van der Waals surface area contributed by atoms with Crippen LogP contribution in [0.1, 0.15) is 24.8 Å². The van der Waals surface area contributed by atoms with Gasteiger partial charge < -0.3 is 15.1 Å². The zero-order valence-electron chi connectivity index (χ0n) is 15.4. The summed E-state index contributed by atoms with van der Waals surface area (Å²) in [5.74, 6) is 0. The Morgan fingerprint density at radius 2 is 1.81 bits per heavy atom. The highest BCUT2D eigenvalue weighted by Gasteiger charge is 2.43. The molecule has 1 saturated heterocycles. The summed E-state index contributed by atoms with van der Waals surface area (Å²) in [6.45, 7) is 1.35. The monoisotopic (exact) mass is 381 g/mol. The maximum Gasteiger partial charge on any atom is 0.321 e. The smallest absolute Gasteiger partial charge is 0.321 e. The number of benzene rings is 2. The lowest BCUT2D eigenvalue weighted by molar-refractivity contribution is -0.0544. The molecule has 2 aromatic carbocycles. The van der Waals surface area contributed by atoms with Gasteiger partial charge in [-0.25, -0.2) is 4.79 Å².